The van der Waals surface area contributed by atoms with E-state index in [1.54, 1.807) is 6.07 Å². The van der Waals surface area contributed by atoms with Crippen molar-refractivity contribution < 1.29 is 8.81 Å². The van der Waals surface area contributed by atoms with Crippen LogP contribution in [0.5, 0.6) is 0 Å². The van der Waals surface area contributed by atoms with Crippen LogP contribution >= 0.6 is 0 Å². The molecule has 1 aromatic carbocycles. The minimum absolute atomic E-state index is 0.0791. The fourth-order valence-electron chi connectivity index (χ4n) is 1.73. The third-order valence-corrected chi connectivity index (χ3v) is 2.74. The third-order valence-electron chi connectivity index (χ3n) is 2.74. The van der Waals surface area contributed by atoms with Gasteiger partial charge in [-0.1, -0.05) is 13.8 Å². The van der Waals surface area contributed by atoms with Gasteiger partial charge in [0.1, 0.15) is 11.3 Å². The number of rotatable bonds is 3. The van der Waals surface area contributed by atoms with Crippen molar-refractivity contribution in [1.82, 2.24) is 4.98 Å². The Morgan fingerprint density at radius 3 is 2.81 bits per heavy atom. The molecule has 3 nitrogen and oxygen atoms in total. The fraction of sp³-hybridized carbons (Fsp3) is 0.417. The zero-order valence-corrected chi connectivity index (χ0v) is 9.40. The predicted octanol–water partition coefficient (Wildman–Crippen LogP) is 2.67. The van der Waals surface area contributed by atoms with Gasteiger partial charge in [0, 0.05) is 12.6 Å². The second-order valence-electron chi connectivity index (χ2n) is 4.25. The highest BCUT2D eigenvalue weighted by Crippen LogP contribution is 2.26. The lowest BCUT2D eigenvalue weighted by atomic mass is 9.96. The minimum atomic E-state index is -0.316. The zero-order chi connectivity index (χ0) is 11.7. The lowest BCUT2D eigenvalue weighted by Crippen LogP contribution is -2.17. The van der Waals surface area contributed by atoms with Crippen molar-refractivity contribution in [2.24, 2.45) is 11.7 Å². The molecule has 0 saturated carbocycles. The van der Waals surface area contributed by atoms with E-state index < -0.39 is 0 Å². The predicted molar refractivity (Wildman–Crippen MR) is 60.6 cm³/mol. The zero-order valence-electron chi connectivity index (χ0n) is 9.40. The summed E-state index contributed by atoms with van der Waals surface area (Å²) in [5, 5.41) is 0. The Hall–Kier alpha value is -1.42. The van der Waals surface area contributed by atoms with Gasteiger partial charge in [-0.2, -0.15) is 0 Å². The van der Waals surface area contributed by atoms with Crippen molar-refractivity contribution >= 4 is 11.1 Å². The van der Waals surface area contributed by atoms with Crippen molar-refractivity contribution in [3.63, 3.8) is 0 Å². The summed E-state index contributed by atoms with van der Waals surface area (Å²) in [6.07, 6.45) is 0. The quantitative estimate of drug-likeness (QED) is 0.868. The Bertz CT molecular complexity index is 493. The van der Waals surface area contributed by atoms with Crippen molar-refractivity contribution in [3.05, 3.63) is 29.9 Å². The van der Waals surface area contributed by atoms with E-state index in [0.717, 1.165) is 0 Å². The number of benzene rings is 1. The van der Waals surface area contributed by atoms with E-state index in [1.807, 2.05) is 0 Å². The molecule has 0 amide bonds. The second-order valence-corrected chi connectivity index (χ2v) is 4.25. The summed E-state index contributed by atoms with van der Waals surface area (Å²) in [7, 11) is 0. The number of fused-ring (bicyclic) bond motifs is 1. The molecule has 1 unspecified atom stereocenters. The lowest BCUT2D eigenvalue weighted by Gasteiger charge is -2.13. The first-order chi connectivity index (χ1) is 7.61. The molecule has 2 aromatic rings. The molecule has 4 heteroatoms. The molecule has 0 fully saturated rings. The molecule has 0 aliphatic heterocycles. The standard InChI is InChI=1S/C12H15FN2O/c1-7(2)9(6-14)12-15-10-4-3-8(13)5-11(10)16-12/h3-5,7,9H,6,14H2,1-2H3. The molecular formula is C12H15FN2O. The molecule has 1 atom stereocenters. The number of hydrogen-bond donors (Lipinski definition) is 1. The number of aromatic nitrogens is 1. The summed E-state index contributed by atoms with van der Waals surface area (Å²) in [5.41, 5.74) is 6.84. The summed E-state index contributed by atoms with van der Waals surface area (Å²) < 4.78 is 18.5. The molecule has 0 saturated heterocycles. The fourth-order valence-corrected chi connectivity index (χ4v) is 1.73. The Morgan fingerprint density at radius 2 is 2.19 bits per heavy atom. The minimum Gasteiger partial charge on any atom is -0.440 e. The SMILES string of the molecule is CC(C)C(CN)c1nc2ccc(F)cc2o1. The Labute approximate surface area is 93.5 Å². The Balaban J connectivity index is 2.45. The maximum Gasteiger partial charge on any atom is 0.200 e. The van der Waals surface area contributed by atoms with Crippen LogP contribution in [0.4, 0.5) is 4.39 Å². The summed E-state index contributed by atoms with van der Waals surface area (Å²) >= 11 is 0. The van der Waals surface area contributed by atoms with Crippen molar-refractivity contribution in [3.8, 4) is 0 Å². The van der Waals surface area contributed by atoms with Crippen molar-refractivity contribution in [2.45, 2.75) is 19.8 Å². The maximum absolute atomic E-state index is 13.0. The van der Waals surface area contributed by atoms with Gasteiger partial charge in [-0.25, -0.2) is 9.37 Å². The molecule has 2 N–H and O–H groups in total. The van der Waals surface area contributed by atoms with Crippen molar-refractivity contribution in [1.29, 1.82) is 0 Å². The number of oxazole rings is 1. The smallest absolute Gasteiger partial charge is 0.200 e. The normalized spacial score (nSPS) is 13.6. The highest BCUT2D eigenvalue weighted by molar-refractivity contribution is 5.72. The van der Waals surface area contributed by atoms with E-state index in [2.05, 4.69) is 18.8 Å². The van der Waals surface area contributed by atoms with Crippen LogP contribution in [-0.2, 0) is 0 Å². The largest absolute Gasteiger partial charge is 0.440 e. The molecule has 0 spiro atoms. The van der Waals surface area contributed by atoms with Crippen molar-refractivity contribution in [2.75, 3.05) is 6.54 Å². The molecule has 0 bridgehead atoms. The summed E-state index contributed by atoms with van der Waals surface area (Å²) in [6, 6.07) is 4.34. The van der Waals surface area contributed by atoms with Crippen LogP contribution in [0.25, 0.3) is 11.1 Å². The van der Waals surface area contributed by atoms with Crippen LogP contribution in [0.3, 0.4) is 0 Å². The summed E-state index contributed by atoms with van der Waals surface area (Å²) in [6.45, 7) is 4.60. The number of halogens is 1. The van der Waals surface area contributed by atoms with Gasteiger partial charge in [0.05, 0.1) is 5.92 Å². The van der Waals surface area contributed by atoms with Crippen LogP contribution in [0.1, 0.15) is 25.7 Å². The van der Waals surface area contributed by atoms with E-state index >= 15 is 0 Å². The average Bonchev–Trinajstić information content (AvgIpc) is 2.60. The van der Waals surface area contributed by atoms with Crippen LogP contribution in [0.2, 0.25) is 0 Å². The van der Waals surface area contributed by atoms with Crippen LogP contribution < -0.4 is 5.73 Å². The maximum atomic E-state index is 13.0. The molecule has 86 valence electrons. The molecule has 0 radical (unpaired) electrons. The van der Waals surface area contributed by atoms with E-state index in [4.69, 9.17) is 10.2 Å². The average molecular weight is 222 g/mol. The Kier molecular flexibility index (Phi) is 2.92. The third kappa shape index (κ3) is 1.93. The highest BCUT2D eigenvalue weighted by atomic mass is 19.1. The first-order valence-electron chi connectivity index (χ1n) is 5.38. The first-order valence-corrected chi connectivity index (χ1v) is 5.38. The molecule has 0 aliphatic carbocycles. The first kappa shape index (κ1) is 11.1. The van der Waals surface area contributed by atoms with E-state index in [0.29, 0.717) is 29.5 Å². The second kappa shape index (κ2) is 4.22. The van der Waals surface area contributed by atoms with Gasteiger partial charge in [-0.15, -0.1) is 0 Å². The monoisotopic (exact) mass is 222 g/mol. The highest BCUT2D eigenvalue weighted by Gasteiger charge is 2.20. The van der Waals surface area contributed by atoms with Gasteiger partial charge in [-0.3, -0.25) is 0 Å². The van der Waals surface area contributed by atoms with Crippen LogP contribution in [0.15, 0.2) is 22.6 Å². The molecule has 16 heavy (non-hydrogen) atoms. The van der Waals surface area contributed by atoms with Crippen LogP contribution in [0, 0.1) is 11.7 Å². The van der Waals surface area contributed by atoms with E-state index in [9.17, 15) is 4.39 Å². The molecule has 1 aromatic heterocycles. The van der Waals surface area contributed by atoms with E-state index in [-0.39, 0.29) is 11.7 Å². The van der Waals surface area contributed by atoms with Crippen LogP contribution in [-0.4, -0.2) is 11.5 Å². The van der Waals surface area contributed by atoms with Gasteiger partial charge in [0.25, 0.3) is 0 Å². The topological polar surface area (TPSA) is 52.0 Å². The molecular weight excluding hydrogens is 207 g/mol. The van der Waals surface area contributed by atoms with Gasteiger partial charge in [-0.05, 0) is 18.1 Å². The Morgan fingerprint density at radius 1 is 1.44 bits per heavy atom. The molecule has 0 aliphatic rings. The number of nitrogens with zero attached hydrogens (tertiary/aromatic N) is 1. The van der Waals surface area contributed by atoms with Gasteiger partial charge >= 0.3 is 0 Å². The summed E-state index contributed by atoms with van der Waals surface area (Å²) in [4.78, 5) is 4.33. The number of nitrogens with two attached hydrogens (primary N) is 1. The lowest BCUT2D eigenvalue weighted by molar-refractivity contribution is 0.400. The summed E-state index contributed by atoms with van der Waals surface area (Å²) in [5.74, 6) is 0.709. The van der Waals surface area contributed by atoms with E-state index in [1.165, 1.54) is 12.1 Å². The molecule has 1 heterocycles. The van der Waals surface area contributed by atoms with Gasteiger partial charge in [0.15, 0.2) is 11.5 Å². The van der Waals surface area contributed by atoms with Gasteiger partial charge < -0.3 is 10.2 Å². The molecule has 2 rings (SSSR count). The number of hydrogen-bond acceptors (Lipinski definition) is 3. The van der Waals surface area contributed by atoms with Gasteiger partial charge in [0.2, 0.25) is 0 Å².